The first-order chi connectivity index (χ1) is 11.1. The van der Waals surface area contributed by atoms with Crippen LogP contribution >= 0.6 is 0 Å². The fourth-order valence-corrected chi connectivity index (χ4v) is 4.36. The van der Waals surface area contributed by atoms with E-state index in [1.165, 1.54) is 25.3 Å². The molecule has 122 valence electrons. The third kappa shape index (κ3) is 2.46. The summed E-state index contributed by atoms with van der Waals surface area (Å²) >= 11 is 0. The second kappa shape index (κ2) is 5.51. The third-order valence-electron chi connectivity index (χ3n) is 5.54. The van der Waals surface area contributed by atoms with Gasteiger partial charge in [0, 0.05) is 37.4 Å². The van der Waals surface area contributed by atoms with Gasteiger partial charge in [0.1, 0.15) is 5.56 Å². The quantitative estimate of drug-likeness (QED) is 0.635. The van der Waals surface area contributed by atoms with Gasteiger partial charge in [0.25, 0.3) is 11.6 Å². The number of carbonyl (C=O) groups is 1. The Morgan fingerprint density at radius 3 is 2.61 bits per heavy atom. The van der Waals surface area contributed by atoms with Crippen molar-refractivity contribution in [3.8, 4) is 0 Å². The van der Waals surface area contributed by atoms with E-state index in [9.17, 15) is 14.9 Å². The highest BCUT2D eigenvalue weighted by Gasteiger charge is 2.38. The Balaban J connectivity index is 1.68. The molecule has 2 heterocycles. The molecule has 3 aliphatic rings. The highest BCUT2D eigenvalue weighted by Crippen LogP contribution is 2.41. The Morgan fingerprint density at radius 1 is 1.22 bits per heavy atom. The summed E-state index contributed by atoms with van der Waals surface area (Å²) in [4.78, 5) is 27.7. The van der Waals surface area contributed by atoms with E-state index in [1.54, 1.807) is 17.0 Å². The highest BCUT2D eigenvalue weighted by molar-refractivity contribution is 5.99. The molecule has 2 saturated heterocycles. The van der Waals surface area contributed by atoms with Gasteiger partial charge in [-0.25, -0.2) is 0 Å². The SMILES string of the molecule is O=C(c1cc(N2CC3CCC2C3)ccc1[N+](=O)[O-])N1CCCC1. The highest BCUT2D eigenvalue weighted by atomic mass is 16.6. The fourth-order valence-electron chi connectivity index (χ4n) is 4.36. The first kappa shape index (κ1) is 14.5. The van der Waals surface area contributed by atoms with E-state index in [1.807, 2.05) is 0 Å². The molecule has 2 bridgehead atoms. The number of likely N-dealkylation sites (tertiary alicyclic amines) is 1. The van der Waals surface area contributed by atoms with E-state index < -0.39 is 4.92 Å². The minimum Gasteiger partial charge on any atom is -0.368 e. The largest absolute Gasteiger partial charge is 0.368 e. The van der Waals surface area contributed by atoms with Gasteiger partial charge in [0.15, 0.2) is 0 Å². The number of piperidine rings is 1. The van der Waals surface area contributed by atoms with Crippen molar-refractivity contribution < 1.29 is 9.72 Å². The summed E-state index contributed by atoms with van der Waals surface area (Å²) < 4.78 is 0. The average molecular weight is 315 g/mol. The molecule has 0 N–H and O–H groups in total. The molecule has 4 rings (SSSR count). The number of anilines is 1. The minimum atomic E-state index is -0.441. The molecule has 3 fully saturated rings. The maximum absolute atomic E-state index is 12.7. The minimum absolute atomic E-state index is 0.0741. The summed E-state index contributed by atoms with van der Waals surface area (Å²) in [6, 6.07) is 5.60. The van der Waals surface area contributed by atoms with Crippen molar-refractivity contribution in [3.63, 3.8) is 0 Å². The smallest absolute Gasteiger partial charge is 0.282 e. The molecule has 2 atom stereocenters. The van der Waals surface area contributed by atoms with Crippen molar-refractivity contribution in [1.29, 1.82) is 0 Å². The van der Waals surface area contributed by atoms with Crippen LogP contribution in [0.5, 0.6) is 0 Å². The molecule has 0 radical (unpaired) electrons. The zero-order valence-corrected chi connectivity index (χ0v) is 13.1. The fraction of sp³-hybridized carbons (Fsp3) is 0.588. The summed E-state index contributed by atoms with van der Waals surface area (Å²) in [5.41, 5.74) is 1.14. The predicted molar refractivity (Wildman–Crippen MR) is 86.7 cm³/mol. The Bertz CT molecular complexity index is 654. The van der Waals surface area contributed by atoms with Crippen LogP contribution in [-0.4, -0.2) is 41.4 Å². The third-order valence-corrected chi connectivity index (χ3v) is 5.54. The zero-order chi connectivity index (χ0) is 16.0. The lowest BCUT2D eigenvalue weighted by Gasteiger charge is -2.29. The van der Waals surface area contributed by atoms with E-state index in [-0.39, 0.29) is 17.2 Å². The van der Waals surface area contributed by atoms with Crippen molar-refractivity contribution >= 4 is 17.3 Å². The molecule has 1 aromatic carbocycles. The van der Waals surface area contributed by atoms with Crippen molar-refractivity contribution in [1.82, 2.24) is 4.90 Å². The van der Waals surface area contributed by atoms with Crippen molar-refractivity contribution in [2.24, 2.45) is 5.92 Å². The molecule has 6 heteroatoms. The van der Waals surface area contributed by atoms with Crippen LogP contribution in [0, 0.1) is 16.0 Å². The maximum atomic E-state index is 12.7. The normalized spacial score (nSPS) is 26.1. The number of nitro groups is 1. The number of nitro benzene ring substituents is 1. The van der Waals surface area contributed by atoms with Gasteiger partial charge >= 0.3 is 0 Å². The van der Waals surface area contributed by atoms with E-state index in [0.29, 0.717) is 19.1 Å². The zero-order valence-electron chi connectivity index (χ0n) is 13.1. The average Bonchev–Trinajstić information content (AvgIpc) is 3.30. The Hall–Kier alpha value is -2.11. The molecule has 0 aromatic heterocycles. The Labute approximate surface area is 135 Å². The van der Waals surface area contributed by atoms with E-state index in [0.717, 1.165) is 31.0 Å². The van der Waals surface area contributed by atoms with Gasteiger partial charge in [-0.3, -0.25) is 14.9 Å². The Kier molecular flexibility index (Phi) is 3.47. The number of benzene rings is 1. The molecule has 6 nitrogen and oxygen atoms in total. The molecule has 1 amide bonds. The van der Waals surface area contributed by atoms with E-state index in [2.05, 4.69) is 4.90 Å². The van der Waals surface area contributed by atoms with Gasteiger partial charge in [-0.2, -0.15) is 0 Å². The summed E-state index contributed by atoms with van der Waals surface area (Å²) in [5.74, 6) is 0.549. The summed E-state index contributed by atoms with van der Waals surface area (Å²) in [6.07, 6.45) is 5.65. The molecule has 0 spiro atoms. The summed E-state index contributed by atoms with van der Waals surface area (Å²) in [5, 5.41) is 11.3. The van der Waals surface area contributed by atoms with Gasteiger partial charge < -0.3 is 9.80 Å². The molecular formula is C17H21N3O3. The van der Waals surface area contributed by atoms with E-state index >= 15 is 0 Å². The molecule has 23 heavy (non-hydrogen) atoms. The van der Waals surface area contributed by atoms with Gasteiger partial charge in [-0.05, 0) is 50.2 Å². The molecule has 1 saturated carbocycles. The van der Waals surface area contributed by atoms with Gasteiger partial charge in [-0.1, -0.05) is 0 Å². The van der Waals surface area contributed by atoms with Crippen LogP contribution in [0.4, 0.5) is 11.4 Å². The lowest BCUT2D eigenvalue weighted by molar-refractivity contribution is -0.385. The molecule has 2 unspecified atom stereocenters. The molecular weight excluding hydrogens is 294 g/mol. The molecule has 1 aromatic rings. The standard InChI is InChI=1S/C17H21N3O3/c21-17(18-7-1-2-8-18)15-10-14(5-6-16(15)20(22)23)19-11-12-3-4-13(19)9-12/h5-6,10,12-13H,1-4,7-9,11H2. The lowest BCUT2D eigenvalue weighted by Crippen LogP contribution is -2.32. The van der Waals surface area contributed by atoms with Crippen LogP contribution in [0.3, 0.4) is 0 Å². The lowest BCUT2D eigenvalue weighted by atomic mass is 10.1. The number of amides is 1. The van der Waals surface area contributed by atoms with Crippen molar-refractivity contribution in [2.75, 3.05) is 24.5 Å². The number of hydrogen-bond donors (Lipinski definition) is 0. The van der Waals surface area contributed by atoms with Gasteiger partial charge in [0.2, 0.25) is 0 Å². The topological polar surface area (TPSA) is 66.7 Å². The Morgan fingerprint density at radius 2 is 2.00 bits per heavy atom. The van der Waals surface area contributed by atoms with E-state index in [4.69, 9.17) is 0 Å². The second-order valence-electron chi connectivity index (χ2n) is 6.94. The number of hydrogen-bond acceptors (Lipinski definition) is 4. The van der Waals surface area contributed by atoms with Crippen LogP contribution in [-0.2, 0) is 0 Å². The summed E-state index contributed by atoms with van der Waals surface area (Å²) in [6.45, 7) is 2.42. The second-order valence-corrected chi connectivity index (χ2v) is 6.94. The molecule has 2 aliphatic heterocycles. The van der Waals surface area contributed by atoms with Gasteiger partial charge in [-0.15, -0.1) is 0 Å². The van der Waals surface area contributed by atoms with Crippen LogP contribution < -0.4 is 4.90 Å². The molecule has 1 aliphatic carbocycles. The van der Waals surface area contributed by atoms with Crippen LogP contribution in [0.1, 0.15) is 42.5 Å². The number of nitrogens with zero attached hydrogens (tertiary/aromatic N) is 3. The number of rotatable bonds is 3. The van der Waals surface area contributed by atoms with Crippen LogP contribution in [0.25, 0.3) is 0 Å². The first-order valence-corrected chi connectivity index (χ1v) is 8.48. The van der Waals surface area contributed by atoms with Crippen molar-refractivity contribution in [2.45, 2.75) is 38.1 Å². The number of carbonyl (C=O) groups excluding carboxylic acids is 1. The van der Waals surface area contributed by atoms with Crippen molar-refractivity contribution in [3.05, 3.63) is 33.9 Å². The number of fused-ring (bicyclic) bond motifs is 2. The monoisotopic (exact) mass is 315 g/mol. The van der Waals surface area contributed by atoms with Crippen LogP contribution in [0.2, 0.25) is 0 Å². The van der Waals surface area contributed by atoms with Crippen LogP contribution in [0.15, 0.2) is 18.2 Å². The van der Waals surface area contributed by atoms with Gasteiger partial charge in [0.05, 0.1) is 4.92 Å². The first-order valence-electron chi connectivity index (χ1n) is 8.48. The maximum Gasteiger partial charge on any atom is 0.282 e. The predicted octanol–water partition coefficient (Wildman–Crippen LogP) is 2.82. The summed E-state index contributed by atoms with van der Waals surface area (Å²) in [7, 11) is 0.